The van der Waals surface area contributed by atoms with Crippen LogP contribution in [0.25, 0.3) is 16.9 Å². The third kappa shape index (κ3) is 3.13. The van der Waals surface area contributed by atoms with E-state index in [1.807, 2.05) is 4.52 Å². The molecule has 0 amide bonds. The summed E-state index contributed by atoms with van der Waals surface area (Å²) >= 11 is 0. The lowest BCUT2D eigenvalue weighted by molar-refractivity contribution is 0.354. The normalized spacial score (nSPS) is 21.0. The Morgan fingerprint density at radius 1 is 0.960 bits per heavy atom. The molecule has 3 aromatic rings. The first kappa shape index (κ1) is 16.1. The first-order chi connectivity index (χ1) is 12.0. The van der Waals surface area contributed by atoms with E-state index in [2.05, 4.69) is 69.0 Å². The number of rotatable bonds is 2. The number of fused-ring (bicyclic) bond motifs is 1. The molecule has 1 aromatic carbocycles. The summed E-state index contributed by atoms with van der Waals surface area (Å²) in [6, 6.07) is 12.8. The van der Waals surface area contributed by atoms with Crippen LogP contribution in [0.2, 0.25) is 0 Å². The molecule has 2 atom stereocenters. The van der Waals surface area contributed by atoms with Gasteiger partial charge in [0.15, 0.2) is 5.65 Å². The molecule has 130 valence electrons. The van der Waals surface area contributed by atoms with Gasteiger partial charge in [-0.3, -0.25) is 0 Å². The fourth-order valence-corrected chi connectivity index (χ4v) is 4.02. The van der Waals surface area contributed by atoms with Gasteiger partial charge in [0.05, 0.1) is 5.69 Å². The Balaban J connectivity index is 1.80. The SMILES string of the molecule is Cc1ccc(-c2cc3nc(C)cc(N4CC(C)CC(C)C4)n3n2)cc1. The molecule has 0 N–H and O–H groups in total. The van der Waals surface area contributed by atoms with Crippen molar-refractivity contribution < 1.29 is 0 Å². The zero-order valence-corrected chi connectivity index (χ0v) is 15.5. The van der Waals surface area contributed by atoms with E-state index in [0.29, 0.717) is 11.8 Å². The maximum atomic E-state index is 4.89. The zero-order chi connectivity index (χ0) is 17.6. The lowest BCUT2D eigenvalue weighted by atomic mass is 9.92. The van der Waals surface area contributed by atoms with Crippen molar-refractivity contribution in [1.82, 2.24) is 14.6 Å². The van der Waals surface area contributed by atoms with E-state index in [1.54, 1.807) is 0 Å². The summed E-state index contributed by atoms with van der Waals surface area (Å²) in [5.74, 6) is 2.58. The molecule has 2 unspecified atom stereocenters. The highest BCUT2D eigenvalue weighted by Crippen LogP contribution is 2.28. The zero-order valence-electron chi connectivity index (χ0n) is 15.5. The molecule has 1 fully saturated rings. The molecule has 4 heteroatoms. The lowest BCUT2D eigenvalue weighted by Gasteiger charge is -2.36. The van der Waals surface area contributed by atoms with Gasteiger partial charge in [-0.1, -0.05) is 43.7 Å². The van der Waals surface area contributed by atoms with E-state index in [0.717, 1.165) is 35.7 Å². The summed E-state index contributed by atoms with van der Waals surface area (Å²) in [5, 5.41) is 4.89. The maximum absolute atomic E-state index is 4.89. The van der Waals surface area contributed by atoms with Crippen LogP contribution in [0.4, 0.5) is 5.82 Å². The monoisotopic (exact) mass is 334 g/mol. The van der Waals surface area contributed by atoms with Gasteiger partial charge in [0.1, 0.15) is 5.82 Å². The van der Waals surface area contributed by atoms with Crippen LogP contribution < -0.4 is 4.90 Å². The van der Waals surface area contributed by atoms with Crippen LogP contribution in [-0.2, 0) is 0 Å². The van der Waals surface area contributed by atoms with Gasteiger partial charge >= 0.3 is 0 Å². The molecule has 0 spiro atoms. The third-order valence-electron chi connectivity index (χ3n) is 5.08. The number of piperidine rings is 1. The van der Waals surface area contributed by atoms with Gasteiger partial charge in [0, 0.05) is 36.5 Å². The van der Waals surface area contributed by atoms with Crippen LogP contribution in [0.1, 0.15) is 31.5 Å². The third-order valence-corrected chi connectivity index (χ3v) is 5.08. The predicted molar refractivity (Wildman–Crippen MR) is 103 cm³/mol. The Morgan fingerprint density at radius 2 is 1.64 bits per heavy atom. The van der Waals surface area contributed by atoms with E-state index in [1.165, 1.54) is 17.8 Å². The van der Waals surface area contributed by atoms with Crippen LogP contribution in [0.3, 0.4) is 0 Å². The average Bonchev–Trinajstić information content (AvgIpc) is 2.97. The topological polar surface area (TPSA) is 33.4 Å². The number of nitrogens with zero attached hydrogens (tertiary/aromatic N) is 4. The Morgan fingerprint density at radius 3 is 2.32 bits per heavy atom. The number of aromatic nitrogens is 3. The summed E-state index contributed by atoms with van der Waals surface area (Å²) in [4.78, 5) is 7.19. The van der Waals surface area contributed by atoms with Crippen LogP contribution in [0.5, 0.6) is 0 Å². The molecule has 1 aliphatic rings. The number of aryl methyl sites for hydroxylation is 2. The number of hydrogen-bond acceptors (Lipinski definition) is 3. The smallest absolute Gasteiger partial charge is 0.158 e. The van der Waals surface area contributed by atoms with Crippen molar-refractivity contribution in [3.8, 4) is 11.3 Å². The van der Waals surface area contributed by atoms with Crippen molar-refractivity contribution in [3.63, 3.8) is 0 Å². The number of benzene rings is 1. The van der Waals surface area contributed by atoms with Crippen molar-refractivity contribution in [2.45, 2.75) is 34.1 Å². The minimum Gasteiger partial charge on any atom is -0.356 e. The summed E-state index contributed by atoms with van der Waals surface area (Å²) in [5.41, 5.74) is 5.36. The second kappa shape index (κ2) is 6.17. The quantitative estimate of drug-likeness (QED) is 0.692. The van der Waals surface area contributed by atoms with Crippen molar-refractivity contribution in [3.05, 3.63) is 47.7 Å². The van der Waals surface area contributed by atoms with Crippen LogP contribution >= 0.6 is 0 Å². The summed E-state index contributed by atoms with van der Waals surface area (Å²) < 4.78 is 2.02. The molecule has 0 saturated carbocycles. The lowest BCUT2D eigenvalue weighted by Crippen LogP contribution is -2.39. The Labute approximate surface area is 149 Å². The Bertz CT molecular complexity index is 884. The minimum absolute atomic E-state index is 0.708. The highest BCUT2D eigenvalue weighted by atomic mass is 15.4. The molecule has 2 aromatic heterocycles. The summed E-state index contributed by atoms with van der Waals surface area (Å²) in [7, 11) is 0. The van der Waals surface area contributed by atoms with E-state index in [9.17, 15) is 0 Å². The molecule has 0 radical (unpaired) electrons. The van der Waals surface area contributed by atoms with Gasteiger partial charge in [0.25, 0.3) is 0 Å². The van der Waals surface area contributed by atoms with E-state index in [4.69, 9.17) is 10.1 Å². The van der Waals surface area contributed by atoms with Crippen LogP contribution in [0.15, 0.2) is 36.4 Å². The van der Waals surface area contributed by atoms with Gasteiger partial charge in [-0.15, -0.1) is 0 Å². The predicted octanol–water partition coefficient (Wildman–Crippen LogP) is 4.50. The summed E-state index contributed by atoms with van der Waals surface area (Å²) in [6.45, 7) is 11.0. The number of hydrogen-bond donors (Lipinski definition) is 0. The van der Waals surface area contributed by atoms with Gasteiger partial charge in [-0.25, -0.2) is 4.98 Å². The standard InChI is InChI=1S/C21H26N4/c1-14-5-7-18(8-6-14)19-11-20-22-17(4)10-21(25(20)23-19)24-12-15(2)9-16(3)13-24/h5-8,10-11,15-16H,9,12-13H2,1-4H3. The van der Waals surface area contributed by atoms with Gasteiger partial charge in [-0.2, -0.15) is 9.61 Å². The molecular weight excluding hydrogens is 308 g/mol. The second-order valence-corrected chi connectivity index (χ2v) is 7.77. The fourth-order valence-electron chi connectivity index (χ4n) is 4.02. The van der Waals surface area contributed by atoms with Crippen LogP contribution in [0, 0.1) is 25.7 Å². The van der Waals surface area contributed by atoms with E-state index >= 15 is 0 Å². The van der Waals surface area contributed by atoms with Crippen molar-refractivity contribution in [2.75, 3.05) is 18.0 Å². The average molecular weight is 334 g/mol. The van der Waals surface area contributed by atoms with Crippen molar-refractivity contribution in [1.29, 1.82) is 0 Å². The maximum Gasteiger partial charge on any atom is 0.158 e. The van der Waals surface area contributed by atoms with Crippen molar-refractivity contribution >= 4 is 11.5 Å². The second-order valence-electron chi connectivity index (χ2n) is 7.77. The van der Waals surface area contributed by atoms with Crippen LogP contribution in [-0.4, -0.2) is 27.7 Å². The first-order valence-electron chi connectivity index (χ1n) is 9.19. The van der Waals surface area contributed by atoms with E-state index < -0.39 is 0 Å². The first-order valence-corrected chi connectivity index (χ1v) is 9.19. The van der Waals surface area contributed by atoms with Gasteiger partial charge < -0.3 is 4.90 Å². The molecule has 4 rings (SSSR count). The largest absolute Gasteiger partial charge is 0.356 e. The molecule has 1 saturated heterocycles. The molecule has 3 heterocycles. The van der Waals surface area contributed by atoms with E-state index in [-0.39, 0.29) is 0 Å². The highest BCUT2D eigenvalue weighted by molar-refractivity contribution is 5.66. The molecule has 0 bridgehead atoms. The molecule has 4 nitrogen and oxygen atoms in total. The summed E-state index contributed by atoms with van der Waals surface area (Å²) in [6.07, 6.45) is 1.30. The van der Waals surface area contributed by atoms with Gasteiger partial charge in [0.2, 0.25) is 0 Å². The molecule has 0 aliphatic carbocycles. The number of anilines is 1. The van der Waals surface area contributed by atoms with Crippen molar-refractivity contribution in [2.24, 2.45) is 11.8 Å². The minimum atomic E-state index is 0.708. The molecular formula is C21H26N4. The Hall–Kier alpha value is -2.36. The fraction of sp³-hybridized carbons (Fsp3) is 0.429. The molecule has 25 heavy (non-hydrogen) atoms. The Kier molecular flexibility index (Phi) is 3.98. The van der Waals surface area contributed by atoms with Gasteiger partial charge in [-0.05, 0) is 32.1 Å². The highest BCUT2D eigenvalue weighted by Gasteiger charge is 2.24. The molecule has 1 aliphatic heterocycles.